The first kappa shape index (κ1) is 24.0. The summed E-state index contributed by atoms with van der Waals surface area (Å²) in [6, 6.07) is 4.70. The molecule has 1 aliphatic heterocycles. The second kappa shape index (κ2) is 10.0. The average Bonchev–Trinajstić information content (AvgIpc) is 3.45. The molecule has 2 unspecified atom stereocenters. The molecule has 3 aromatic rings. The SMILES string of the molecule is C=CC(=O)N1CC(c2cc(C#Cc3cc(OC)cc(OC)c3F)c3c(N)ncnn23)CC1COC. The molecule has 2 N–H and O–H groups in total. The summed E-state index contributed by atoms with van der Waals surface area (Å²) in [5.41, 5.74) is 8.17. The van der Waals surface area contributed by atoms with Gasteiger partial charge in [-0.15, -0.1) is 0 Å². The molecule has 0 aliphatic carbocycles. The van der Waals surface area contributed by atoms with E-state index in [9.17, 15) is 9.18 Å². The van der Waals surface area contributed by atoms with Crippen molar-refractivity contribution in [1.29, 1.82) is 0 Å². The summed E-state index contributed by atoms with van der Waals surface area (Å²) in [6.07, 6.45) is 3.33. The fraction of sp³-hybridized carbons (Fsp3) is 0.320. The maximum atomic E-state index is 14.8. The minimum atomic E-state index is -0.592. The number of carbonyl (C=O) groups is 1. The zero-order valence-electron chi connectivity index (χ0n) is 19.7. The molecule has 3 heterocycles. The number of hydrogen-bond acceptors (Lipinski definition) is 7. The number of nitrogen functional groups attached to an aromatic ring is 1. The van der Waals surface area contributed by atoms with Gasteiger partial charge in [0.15, 0.2) is 17.4 Å². The highest BCUT2D eigenvalue weighted by atomic mass is 19.1. The smallest absolute Gasteiger partial charge is 0.246 e. The highest BCUT2D eigenvalue weighted by Gasteiger charge is 2.37. The molecule has 1 aromatic carbocycles. The van der Waals surface area contributed by atoms with Crippen LogP contribution in [0.15, 0.2) is 37.2 Å². The lowest BCUT2D eigenvalue weighted by Crippen LogP contribution is -2.37. The van der Waals surface area contributed by atoms with E-state index in [1.807, 2.05) is 6.07 Å². The van der Waals surface area contributed by atoms with Crippen molar-refractivity contribution in [2.75, 3.05) is 40.2 Å². The number of aromatic nitrogens is 3. The summed E-state index contributed by atoms with van der Waals surface area (Å²) >= 11 is 0. The van der Waals surface area contributed by atoms with Gasteiger partial charge in [-0.25, -0.2) is 13.9 Å². The number of ether oxygens (including phenoxy) is 3. The van der Waals surface area contributed by atoms with Gasteiger partial charge in [0.05, 0.1) is 38.0 Å². The predicted octanol–water partition coefficient (Wildman–Crippen LogP) is 2.38. The average molecular weight is 480 g/mol. The van der Waals surface area contributed by atoms with Gasteiger partial charge >= 0.3 is 0 Å². The van der Waals surface area contributed by atoms with Crippen molar-refractivity contribution in [3.8, 4) is 23.3 Å². The molecule has 0 saturated carbocycles. The van der Waals surface area contributed by atoms with Crippen LogP contribution in [0.25, 0.3) is 5.52 Å². The van der Waals surface area contributed by atoms with Crippen LogP contribution >= 0.6 is 0 Å². The van der Waals surface area contributed by atoms with Crippen molar-refractivity contribution >= 4 is 17.2 Å². The molecular weight excluding hydrogens is 453 g/mol. The molecule has 1 aliphatic rings. The number of nitrogens with two attached hydrogens (primary N) is 1. The van der Waals surface area contributed by atoms with E-state index in [0.717, 1.165) is 5.69 Å². The van der Waals surface area contributed by atoms with Gasteiger partial charge in [0.25, 0.3) is 0 Å². The Bertz CT molecular complexity index is 1340. The number of fused-ring (bicyclic) bond motifs is 1. The van der Waals surface area contributed by atoms with Crippen molar-refractivity contribution in [3.63, 3.8) is 0 Å². The van der Waals surface area contributed by atoms with Crippen LogP contribution in [0, 0.1) is 17.7 Å². The summed E-state index contributed by atoms with van der Waals surface area (Å²) in [7, 11) is 4.46. The van der Waals surface area contributed by atoms with Gasteiger partial charge in [-0.2, -0.15) is 5.10 Å². The number of hydrogen-bond donors (Lipinski definition) is 1. The minimum Gasteiger partial charge on any atom is -0.497 e. The summed E-state index contributed by atoms with van der Waals surface area (Å²) in [5, 5.41) is 4.38. The van der Waals surface area contributed by atoms with Crippen LogP contribution in [0.3, 0.4) is 0 Å². The van der Waals surface area contributed by atoms with Crippen LogP contribution in [0.1, 0.15) is 29.2 Å². The van der Waals surface area contributed by atoms with Gasteiger partial charge in [0.1, 0.15) is 17.6 Å². The van der Waals surface area contributed by atoms with Crippen molar-refractivity contribution in [3.05, 3.63) is 59.8 Å². The number of carbonyl (C=O) groups excluding carboxylic acids is 1. The minimum absolute atomic E-state index is 0.0287. The number of nitrogens with zero attached hydrogens (tertiary/aromatic N) is 4. The lowest BCUT2D eigenvalue weighted by atomic mass is 10.0. The number of benzene rings is 1. The summed E-state index contributed by atoms with van der Waals surface area (Å²) in [4.78, 5) is 18.3. The van der Waals surface area contributed by atoms with Gasteiger partial charge in [0, 0.05) is 31.3 Å². The lowest BCUT2D eigenvalue weighted by Gasteiger charge is -2.22. The molecular formula is C25H26FN5O4. The van der Waals surface area contributed by atoms with Gasteiger partial charge in [-0.3, -0.25) is 4.79 Å². The molecule has 0 bridgehead atoms. The van der Waals surface area contributed by atoms with E-state index in [1.165, 1.54) is 38.8 Å². The molecule has 0 spiro atoms. The summed E-state index contributed by atoms with van der Waals surface area (Å²) in [6.45, 7) is 4.47. The second-order valence-electron chi connectivity index (χ2n) is 8.07. The van der Waals surface area contributed by atoms with Crippen molar-refractivity contribution in [1.82, 2.24) is 19.5 Å². The van der Waals surface area contributed by atoms with Crippen LogP contribution in [-0.4, -0.2) is 65.9 Å². The van der Waals surface area contributed by atoms with Crippen LogP contribution in [0.4, 0.5) is 10.2 Å². The van der Waals surface area contributed by atoms with Crippen molar-refractivity contribution in [2.24, 2.45) is 0 Å². The van der Waals surface area contributed by atoms with Gasteiger partial charge in [-0.05, 0) is 24.6 Å². The fourth-order valence-corrected chi connectivity index (χ4v) is 4.41. The Balaban J connectivity index is 1.79. The van der Waals surface area contributed by atoms with Crippen LogP contribution in [0.5, 0.6) is 11.5 Å². The van der Waals surface area contributed by atoms with E-state index in [2.05, 4.69) is 28.5 Å². The molecule has 1 fully saturated rings. The number of likely N-dealkylation sites (tertiary alicyclic amines) is 1. The van der Waals surface area contributed by atoms with Crippen molar-refractivity contribution in [2.45, 2.75) is 18.4 Å². The third-order valence-electron chi connectivity index (χ3n) is 6.06. The second-order valence-corrected chi connectivity index (χ2v) is 8.07. The molecule has 35 heavy (non-hydrogen) atoms. The van der Waals surface area contributed by atoms with Gasteiger partial charge in [0.2, 0.25) is 5.91 Å². The lowest BCUT2D eigenvalue weighted by molar-refractivity contribution is -0.127. The molecule has 1 saturated heterocycles. The van der Waals surface area contributed by atoms with E-state index >= 15 is 0 Å². The molecule has 10 heteroatoms. The molecule has 2 aromatic heterocycles. The Morgan fingerprint density at radius 2 is 2.03 bits per heavy atom. The quantitative estimate of drug-likeness (QED) is 0.428. The highest BCUT2D eigenvalue weighted by molar-refractivity contribution is 5.87. The maximum Gasteiger partial charge on any atom is 0.246 e. The molecule has 1 amide bonds. The van der Waals surface area contributed by atoms with E-state index in [1.54, 1.807) is 16.5 Å². The number of halogens is 1. The van der Waals surface area contributed by atoms with E-state index in [4.69, 9.17) is 19.9 Å². The third-order valence-corrected chi connectivity index (χ3v) is 6.06. The standard InChI is InChI=1S/C25H26FN5O4/c1-5-22(32)30-12-17(8-18(30)13-33-2)20-10-16(24-25(27)28-14-29-31(20)24)7-6-15-9-19(34-3)11-21(35-4)23(15)26/h5,9-11,14,17-18H,1,8,12-13H2,2-4H3,(H2,27,28,29). The van der Waals surface area contributed by atoms with Crippen LogP contribution in [0.2, 0.25) is 0 Å². The molecule has 2 atom stereocenters. The number of rotatable bonds is 6. The number of amides is 1. The van der Waals surface area contributed by atoms with Crippen LogP contribution in [-0.2, 0) is 9.53 Å². The summed E-state index contributed by atoms with van der Waals surface area (Å²) in [5.74, 6) is 5.75. The van der Waals surface area contributed by atoms with E-state index < -0.39 is 5.82 Å². The Kier molecular flexibility index (Phi) is 6.89. The first-order valence-electron chi connectivity index (χ1n) is 10.9. The molecule has 9 nitrogen and oxygen atoms in total. The topological polar surface area (TPSA) is 104 Å². The molecule has 4 rings (SSSR count). The molecule has 0 radical (unpaired) electrons. The van der Waals surface area contributed by atoms with E-state index in [-0.39, 0.29) is 35.0 Å². The van der Waals surface area contributed by atoms with E-state index in [0.29, 0.717) is 36.4 Å². The zero-order chi connectivity index (χ0) is 25.1. The Morgan fingerprint density at radius 3 is 2.71 bits per heavy atom. The zero-order valence-corrected chi connectivity index (χ0v) is 19.7. The van der Waals surface area contributed by atoms with Gasteiger partial charge in [-0.1, -0.05) is 18.4 Å². The Morgan fingerprint density at radius 1 is 1.26 bits per heavy atom. The number of methoxy groups -OCH3 is 3. The van der Waals surface area contributed by atoms with Gasteiger partial charge < -0.3 is 24.8 Å². The normalized spacial score (nSPS) is 17.2. The highest BCUT2D eigenvalue weighted by Crippen LogP contribution is 2.35. The third kappa shape index (κ3) is 4.50. The first-order valence-corrected chi connectivity index (χ1v) is 10.9. The monoisotopic (exact) mass is 479 g/mol. The van der Waals surface area contributed by atoms with Crippen molar-refractivity contribution < 1.29 is 23.4 Å². The predicted molar refractivity (Wildman–Crippen MR) is 128 cm³/mol. The Hall–Kier alpha value is -4.10. The largest absolute Gasteiger partial charge is 0.497 e. The van der Waals surface area contributed by atoms with Crippen LogP contribution < -0.4 is 15.2 Å². The maximum absolute atomic E-state index is 14.8. The molecule has 182 valence electrons. The number of anilines is 1. The Labute approximate surface area is 202 Å². The fourth-order valence-electron chi connectivity index (χ4n) is 4.41. The first-order chi connectivity index (χ1) is 16.9. The summed E-state index contributed by atoms with van der Waals surface area (Å²) < 4.78 is 32.1.